The van der Waals surface area contributed by atoms with Crippen molar-refractivity contribution in [2.24, 2.45) is 5.92 Å². The largest absolute Gasteiger partial charge is 0.496 e. The van der Waals surface area contributed by atoms with Gasteiger partial charge in [0.1, 0.15) is 5.75 Å². The molecule has 17 heavy (non-hydrogen) atoms. The van der Waals surface area contributed by atoms with Gasteiger partial charge in [-0.05, 0) is 12.0 Å². The van der Waals surface area contributed by atoms with Gasteiger partial charge < -0.3 is 10.5 Å². The van der Waals surface area contributed by atoms with Crippen LogP contribution in [0, 0.1) is 5.92 Å². The van der Waals surface area contributed by atoms with Crippen molar-refractivity contribution in [1.29, 1.82) is 0 Å². The maximum absolute atomic E-state index is 11.9. The molecule has 0 aliphatic carbocycles. The fraction of sp³-hybridized carbons (Fsp3) is 0.500. The monoisotopic (exact) mass is 257 g/mol. The Morgan fingerprint density at radius 1 is 1.35 bits per heavy atom. The fourth-order valence-electron chi connectivity index (χ4n) is 1.68. The molecule has 0 saturated carbocycles. The van der Waals surface area contributed by atoms with Crippen LogP contribution in [-0.4, -0.2) is 21.3 Å². The average molecular weight is 257 g/mol. The highest BCUT2D eigenvalue weighted by atomic mass is 32.2. The summed E-state index contributed by atoms with van der Waals surface area (Å²) in [5.74, 6) is 0.826. The van der Waals surface area contributed by atoms with Crippen LogP contribution in [0.2, 0.25) is 0 Å². The van der Waals surface area contributed by atoms with Crippen LogP contribution in [0.1, 0.15) is 19.4 Å². The van der Waals surface area contributed by atoms with E-state index in [-0.39, 0.29) is 17.4 Å². The van der Waals surface area contributed by atoms with Crippen LogP contribution in [0.15, 0.2) is 18.2 Å². The number of nitrogens with two attached hydrogens (primary N) is 1. The lowest BCUT2D eigenvalue weighted by atomic mass is 10.2. The molecule has 5 heteroatoms. The lowest BCUT2D eigenvalue weighted by Gasteiger charge is -2.11. The highest BCUT2D eigenvalue weighted by Crippen LogP contribution is 2.24. The summed E-state index contributed by atoms with van der Waals surface area (Å²) in [6.45, 7) is 3.77. The SMILES string of the molecule is COc1cc(N)ccc1CS(=O)(=O)CC(C)C. The number of nitrogen functional groups attached to an aromatic ring is 1. The zero-order chi connectivity index (χ0) is 13.1. The molecule has 0 aliphatic rings. The molecule has 0 heterocycles. The summed E-state index contributed by atoms with van der Waals surface area (Å²) in [6, 6.07) is 5.02. The Labute approximate surface area is 103 Å². The van der Waals surface area contributed by atoms with E-state index >= 15 is 0 Å². The van der Waals surface area contributed by atoms with Crippen LogP contribution in [0.3, 0.4) is 0 Å². The molecule has 0 aliphatic heterocycles. The van der Waals surface area contributed by atoms with E-state index in [1.165, 1.54) is 7.11 Å². The van der Waals surface area contributed by atoms with Gasteiger partial charge >= 0.3 is 0 Å². The number of sulfone groups is 1. The molecule has 1 aromatic carbocycles. The molecule has 0 unspecified atom stereocenters. The Balaban J connectivity index is 2.95. The molecule has 0 atom stereocenters. The number of hydrogen-bond donors (Lipinski definition) is 1. The molecule has 96 valence electrons. The van der Waals surface area contributed by atoms with E-state index in [1.54, 1.807) is 18.2 Å². The summed E-state index contributed by atoms with van der Waals surface area (Å²) in [6.07, 6.45) is 0. The Kier molecular flexibility index (Phi) is 4.40. The number of rotatable bonds is 5. The molecule has 0 spiro atoms. The first-order valence-corrected chi connectivity index (χ1v) is 7.29. The van der Waals surface area contributed by atoms with E-state index < -0.39 is 9.84 Å². The zero-order valence-corrected chi connectivity index (χ0v) is 11.3. The molecular weight excluding hydrogens is 238 g/mol. The average Bonchev–Trinajstić information content (AvgIpc) is 2.18. The zero-order valence-electron chi connectivity index (χ0n) is 10.4. The van der Waals surface area contributed by atoms with Gasteiger partial charge in [0.05, 0.1) is 18.6 Å². The van der Waals surface area contributed by atoms with Crippen LogP contribution in [0.4, 0.5) is 5.69 Å². The second-order valence-corrected chi connectivity index (χ2v) is 6.63. The van der Waals surface area contributed by atoms with Gasteiger partial charge in [-0.1, -0.05) is 19.9 Å². The molecule has 4 nitrogen and oxygen atoms in total. The predicted octanol–water partition coefficient (Wildman–Crippen LogP) is 1.85. The maximum Gasteiger partial charge on any atom is 0.154 e. The Hall–Kier alpha value is -1.23. The number of ether oxygens (including phenoxy) is 1. The van der Waals surface area contributed by atoms with Crippen molar-refractivity contribution in [1.82, 2.24) is 0 Å². The standard InChI is InChI=1S/C12H19NO3S/c1-9(2)7-17(14,15)8-10-4-5-11(13)6-12(10)16-3/h4-6,9H,7-8,13H2,1-3H3. The van der Waals surface area contributed by atoms with Gasteiger partial charge in [-0.2, -0.15) is 0 Å². The first-order chi connectivity index (χ1) is 7.84. The molecule has 1 aromatic rings. The van der Waals surface area contributed by atoms with Gasteiger partial charge in [-0.15, -0.1) is 0 Å². The molecule has 0 radical (unpaired) electrons. The quantitative estimate of drug-likeness (QED) is 0.817. The van der Waals surface area contributed by atoms with Crippen molar-refractivity contribution in [2.45, 2.75) is 19.6 Å². The van der Waals surface area contributed by atoms with Gasteiger partial charge in [0.2, 0.25) is 0 Å². The first kappa shape index (κ1) is 13.8. The summed E-state index contributed by atoms with van der Waals surface area (Å²) >= 11 is 0. The van der Waals surface area contributed by atoms with Crippen LogP contribution in [-0.2, 0) is 15.6 Å². The second-order valence-electron chi connectivity index (χ2n) is 4.52. The molecule has 1 rings (SSSR count). The van der Waals surface area contributed by atoms with E-state index in [2.05, 4.69) is 0 Å². The number of anilines is 1. The molecule has 0 fully saturated rings. The summed E-state index contributed by atoms with van der Waals surface area (Å²) in [5.41, 5.74) is 6.83. The number of methoxy groups -OCH3 is 1. The third kappa shape index (κ3) is 4.26. The third-order valence-electron chi connectivity index (χ3n) is 2.27. The van der Waals surface area contributed by atoms with Crippen LogP contribution >= 0.6 is 0 Å². The van der Waals surface area contributed by atoms with Crippen molar-refractivity contribution in [2.75, 3.05) is 18.6 Å². The highest BCUT2D eigenvalue weighted by molar-refractivity contribution is 7.90. The van der Waals surface area contributed by atoms with E-state index in [0.29, 0.717) is 17.0 Å². The summed E-state index contributed by atoms with van der Waals surface area (Å²) in [7, 11) is -1.59. The number of benzene rings is 1. The van der Waals surface area contributed by atoms with E-state index in [0.717, 1.165) is 0 Å². The van der Waals surface area contributed by atoms with Crippen molar-refractivity contribution < 1.29 is 13.2 Å². The van der Waals surface area contributed by atoms with Crippen molar-refractivity contribution in [3.8, 4) is 5.75 Å². The minimum absolute atomic E-state index is 0.00532. The molecule has 0 bridgehead atoms. The van der Waals surface area contributed by atoms with Crippen LogP contribution in [0.25, 0.3) is 0 Å². The minimum atomic E-state index is -3.10. The molecule has 0 amide bonds. The Morgan fingerprint density at radius 3 is 2.53 bits per heavy atom. The summed E-state index contributed by atoms with van der Waals surface area (Å²) in [4.78, 5) is 0. The van der Waals surface area contributed by atoms with Gasteiger partial charge in [0.25, 0.3) is 0 Å². The Bertz CT molecular complexity index is 481. The smallest absolute Gasteiger partial charge is 0.154 e. The van der Waals surface area contributed by atoms with E-state index in [4.69, 9.17) is 10.5 Å². The number of hydrogen-bond acceptors (Lipinski definition) is 4. The molecular formula is C12H19NO3S. The lowest BCUT2D eigenvalue weighted by molar-refractivity contribution is 0.411. The van der Waals surface area contributed by atoms with Gasteiger partial charge in [-0.3, -0.25) is 0 Å². The van der Waals surface area contributed by atoms with E-state index in [1.807, 2.05) is 13.8 Å². The molecule has 0 aromatic heterocycles. The van der Waals surface area contributed by atoms with Crippen molar-refractivity contribution in [3.63, 3.8) is 0 Å². The second kappa shape index (κ2) is 5.40. The normalized spacial score (nSPS) is 11.8. The topological polar surface area (TPSA) is 69.4 Å². The van der Waals surface area contributed by atoms with Crippen LogP contribution in [0.5, 0.6) is 5.75 Å². The predicted molar refractivity (Wildman–Crippen MR) is 69.7 cm³/mol. The third-order valence-corrected chi connectivity index (χ3v) is 4.20. The van der Waals surface area contributed by atoms with Gasteiger partial charge in [0.15, 0.2) is 9.84 Å². The summed E-state index contributed by atoms with van der Waals surface area (Å²) < 4.78 is 28.9. The Morgan fingerprint density at radius 2 is 2.00 bits per heavy atom. The minimum Gasteiger partial charge on any atom is -0.496 e. The summed E-state index contributed by atoms with van der Waals surface area (Å²) in [5, 5.41) is 0. The van der Waals surface area contributed by atoms with Crippen molar-refractivity contribution >= 4 is 15.5 Å². The lowest BCUT2D eigenvalue weighted by Crippen LogP contribution is -2.14. The van der Waals surface area contributed by atoms with Gasteiger partial charge in [-0.25, -0.2) is 8.42 Å². The fourth-order valence-corrected chi connectivity index (χ4v) is 3.53. The van der Waals surface area contributed by atoms with Crippen molar-refractivity contribution in [3.05, 3.63) is 23.8 Å². The molecule has 2 N–H and O–H groups in total. The molecule has 0 saturated heterocycles. The van der Waals surface area contributed by atoms with Gasteiger partial charge in [0, 0.05) is 17.3 Å². The van der Waals surface area contributed by atoms with Crippen LogP contribution < -0.4 is 10.5 Å². The first-order valence-electron chi connectivity index (χ1n) is 5.47. The van der Waals surface area contributed by atoms with E-state index in [9.17, 15) is 8.42 Å². The highest BCUT2D eigenvalue weighted by Gasteiger charge is 2.16. The maximum atomic E-state index is 11.9.